The SMILES string of the molecule is COc1ncnc(C2CC2)c1-c1nc(C)c(/N=C(\C=O)NCc2ccc(S(C)(=N)=O)cn2)c(N(C)C(C)C(F)(F)F)n1. The number of methoxy groups -OCH3 is 1. The molecule has 3 heterocycles. The summed E-state index contributed by atoms with van der Waals surface area (Å²) in [4.78, 5) is 39.2. The summed E-state index contributed by atoms with van der Waals surface area (Å²) >= 11 is 0. The van der Waals surface area contributed by atoms with Gasteiger partial charge in [0.2, 0.25) is 5.88 Å². The van der Waals surface area contributed by atoms with Crippen LogP contribution in [-0.2, 0) is 21.1 Å². The number of amidine groups is 1. The number of aryl methyl sites for hydroxylation is 1. The Labute approximate surface area is 240 Å². The first-order valence-corrected chi connectivity index (χ1v) is 14.7. The van der Waals surface area contributed by atoms with Gasteiger partial charge in [0, 0.05) is 25.4 Å². The van der Waals surface area contributed by atoms with Crippen LogP contribution in [0, 0.1) is 11.7 Å². The van der Waals surface area contributed by atoms with Gasteiger partial charge in [-0.05, 0) is 38.8 Å². The maximum atomic E-state index is 13.8. The van der Waals surface area contributed by atoms with Crippen LogP contribution < -0.4 is 15.0 Å². The molecule has 1 fully saturated rings. The van der Waals surface area contributed by atoms with Gasteiger partial charge in [-0.1, -0.05) is 0 Å². The molecular weight excluding hydrogens is 575 g/mol. The summed E-state index contributed by atoms with van der Waals surface area (Å²) in [5.41, 5.74) is 1.65. The number of anilines is 1. The Kier molecular flexibility index (Phi) is 8.75. The van der Waals surface area contributed by atoms with Crippen molar-refractivity contribution in [3.63, 3.8) is 0 Å². The summed E-state index contributed by atoms with van der Waals surface area (Å²) in [6.45, 7) is 2.57. The molecule has 224 valence electrons. The maximum absolute atomic E-state index is 13.8. The molecule has 12 nitrogen and oxygen atoms in total. The normalized spacial score (nSPS) is 16.0. The number of aromatic nitrogens is 5. The van der Waals surface area contributed by atoms with E-state index in [0.29, 0.717) is 23.2 Å². The lowest BCUT2D eigenvalue weighted by Crippen LogP contribution is -2.41. The van der Waals surface area contributed by atoms with Gasteiger partial charge >= 0.3 is 6.18 Å². The highest BCUT2D eigenvalue weighted by molar-refractivity contribution is 7.91. The van der Waals surface area contributed by atoms with Crippen LogP contribution in [0.2, 0.25) is 0 Å². The summed E-state index contributed by atoms with van der Waals surface area (Å²) in [6.07, 6.45) is 1.54. The van der Waals surface area contributed by atoms with E-state index in [1.807, 2.05) is 0 Å². The second kappa shape index (κ2) is 12.0. The van der Waals surface area contributed by atoms with Crippen LogP contribution in [0.15, 0.2) is 34.5 Å². The van der Waals surface area contributed by atoms with Crippen LogP contribution in [0.5, 0.6) is 5.88 Å². The number of nitrogens with zero attached hydrogens (tertiary/aromatic N) is 7. The Bertz CT molecular complexity index is 1610. The van der Waals surface area contributed by atoms with Crippen molar-refractivity contribution < 1.29 is 26.9 Å². The molecule has 4 rings (SSSR count). The smallest absolute Gasteiger partial charge is 0.408 e. The summed E-state index contributed by atoms with van der Waals surface area (Å²) < 4.78 is 66.4. The van der Waals surface area contributed by atoms with E-state index >= 15 is 0 Å². The van der Waals surface area contributed by atoms with E-state index in [-0.39, 0.29) is 52.1 Å². The molecule has 0 radical (unpaired) electrons. The highest BCUT2D eigenvalue weighted by Crippen LogP contribution is 2.46. The quantitative estimate of drug-likeness (QED) is 0.197. The number of halogens is 3. The Balaban J connectivity index is 1.78. The van der Waals surface area contributed by atoms with E-state index in [1.165, 1.54) is 39.0 Å². The summed E-state index contributed by atoms with van der Waals surface area (Å²) in [6, 6.07) is 1.09. The van der Waals surface area contributed by atoms with Crippen LogP contribution >= 0.6 is 0 Å². The lowest BCUT2D eigenvalue weighted by Gasteiger charge is -2.29. The number of aliphatic imine (C=N–C) groups is 1. The summed E-state index contributed by atoms with van der Waals surface area (Å²) in [7, 11) is -0.283. The van der Waals surface area contributed by atoms with Crippen molar-refractivity contribution in [1.29, 1.82) is 4.78 Å². The highest BCUT2D eigenvalue weighted by atomic mass is 32.2. The molecule has 1 aliphatic rings. The molecule has 0 amide bonds. The molecule has 2 unspecified atom stereocenters. The lowest BCUT2D eigenvalue weighted by molar-refractivity contribution is -0.144. The molecule has 0 bridgehead atoms. The standard InChI is InChI=1S/C26H30F3N9O3S/c1-14-21(36-19(12-39)32-10-17-8-9-18(11-31-17)42(5,30)40)24(38(3)15(2)26(27,28)29)37-23(35-14)20-22(16-6-7-16)33-13-34-25(20)41-4/h8-9,11-13,15-16,30H,6-7,10H2,1-5H3,(H,32,36). The van der Waals surface area contributed by atoms with Crippen molar-refractivity contribution in [2.45, 2.75) is 56.3 Å². The van der Waals surface area contributed by atoms with E-state index in [1.54, 1.807) is 13.0 Å². The van der Waals surface area contributed by atoms with Crippen molar-refractivity contribution in [2.75, 3.05) is 25.3 Å². The van der Waals surface area contributed by atoms with Crippen molar-refractivity contribution in [2.24, 2.45) is 4.99 Å². The number of hydrogen-bond acceptors (Lipinski definition) is 11. The van der Waals surface area contributed by atoms with Gasteiger partial charge in [0.1, 0.15) is 23.6 Å². The molecule has 1 aliphatic carbocycles. The molecule has 3 aromatic rings. The molecule has 3 aromatic heterocycles. The molecule has 0 aromatic carbocycles. The van der Waals surface area contributed by atoms with Gasteiger partial charge in [-0.3, -0.25) is 9.78 Å². The Morgan fingerprint density at radius 3 is 2.55 bits per heavy atom. The molecule has 1 saturated carbocycles. The highest BCUT2D eigenvalue weighted by Gasteiger charge is 2.40. The topological polar surface area (TPSA) is 159 Å². The van der Waals surface area contributed by atoms with Crippen molar-refractivity contribution in [3.8, 4) is 17.3 Å². The third-order valence-electron chi connectivity index (χ3n) is 6.69. The zero-order valence-corrected chi connectivity index (χ0v) is 24.4. The van der Waals surface area contributed by atoms with Crippen molar-refractivity contribution in [3.05, 3.63) is 41.7 Å². The molecule has 0 aliphatic heterocycles. The van der Waals surface area contributed by atoms with Gasteiger partial charge in [-0.25, -0.2) is 33.9 Å². The zero-order valence-electron chi connectivity index (χ0n) is 23.6. The van der Waals surface area contributed by atoms with E-state index in [4.69, 9.17) is 9.52 Å². The van der Waals surface area contributed by atoms with Crippen molar-refractivity contribution >= 4 is 33.4 Å². The fourth-order valence-corrected chi connectivity index (χ4v) is 4.59. The Morgan fingerprint density at radius 2 is 2.00 bits per heavy atom. The van der Waals surface area contributed by atoms with Gasteiger partial charge in [-0.15, -0.1) is 0 Å². The molecule has 2 atom stereocenters. The molecule has 0 saturated heterocycles. The largest absolute Gasteiger partial charge is 0.480 e. The predicted molar refractivity (Wildman–Crippen MR) is 150 cm³/mol. The minimum atomic E-state index is -4.59. The minimum absolute atomic E-state index is 0.0200. The van der Waals surface area contributed by atoms with E-state index < -0.39 is 21.9 Å². The molecule has 2 N–H and O–H groups in total. The third-order valence-corrected chi connectivity index (χ3v) is 7.83. The Hall–Kier alpha value is -4.21. The second-order valence-electron chi connectivity index (χ2n) is 9.85. The monoisotopic (exact) mass is 605 g/mol. The molecule has 16 heteroatoms. The number of alkyl halides is 3. The molecule has 42 heavy (non-hydrogen) atoms. The number of rotatable bonds is 10. The van der Waals surface area contributed by atoms with Crippen LogP contribution in [-0.4, -0.2) is 73.9 Å². The lowest BCUT2D eigenvalue weighted by atomic mass is 10.1. The van der Waals surface area contributed by atoms with Crippen LogP contribution in [0.1, 0.15) is 42.8 Å². The fourth-order valence-electron chi connectivity index (χ4n) is 4.01. The van der Waals surface area contributed by atoms with Gasteiger partial charge in [0.25, 0.3) is 0 Å². The van der Waals surface area contributed by atoms with E-state index in [0.717, 1.165) is 24.7 Å². The minimum Gasteiger partial charge on any atom is -0.480 e. The number of hydrogen-bond donors (Lipinski definition) is 2. The predicted octanol–water partition coefficient (Wildman–Crippen LogP) is 3.96. The van der Waals surface area contributed by atoms with Gasteiger partial charge < -0.3 is 15.0 Å². The summed E-state index contributed by atoms with van der Waals surface area (Å²) in [5, 5.41) is 2.81. The fraction of sp³-hybridized carbons (Fsp3) is 0.423. The van der Waals surface area contributed by atoms with Crippen molar-refractivity contribution in [1.82, 2.24) is 30.2 Å². The number of pyridine rings is 1. The van der Waals surface area contributed by atoms with Crippen LogP contribution in [0.25, 0.3) is 11.4 Å². The van der Waals surface area contributed by atoms with Gasteiger partial charge in [0.05, 0.1) is 45.4 Å². The second-order valence-corrected chi connectivity index (χ2v) is 12.0. The first kappa shape index (κ1) is 30.7. The van der Waals surface area contributed by atoms with Crippen LogP contribution in [0.4, 0.5) is 24.7 Å². The first-order valence-electron chi connectivity index (χ1n) is 12.8. The van der Waals surface area contributed by atoms with Gasteiger partial charge in [0.15, 0.2) is 23.8 Å². The average molecular weight is 606 g/mol. The molecular formula is C26H30F3N9O3S. The zero-order chi connectivity index (χ0) is 30.8. The number of aldehydes is 1. The first-order chi connectivity index (χ1) is 19.7. The van der Waals surface area contributed by atoms with E-state index in [2.05, 4.69) is 35.2 Å². The Morgan fingerprint density at radius 1 is 1.29 bits per heavy atom. The number of ether oxygens (including phenoxy) is 1. The third kappa shape index (κ3) is 6.80. The number of carbonyl (C=O) groups excluding carboxylic acids is 1. The summed E-state index contributed by atoms with van der Waals surface area (Å²) in [5.74, 6) is 0.0413. The maximum Gasteiger partial charge on any atom is 0.408 e. The number of nitrogens with one attached hydrogen (secondary N) is 2. The average Bonchev–Trinajstić information content (AvgIpc) is 3.79. The number of carbonyl (C=O) groups is 1. The van der Waals surface area contributed by atoms with Gasteiger partial charge in [-0.2, -0.15) is 13.2 Å². The van der Waals surface area contributed by atoms with Crippen LogP contribution in [0.3, 0.4) is 0 Å². The molecule has 0 spiro atoms. The van der Waals surface area contributed by atoms with E-state index in [9.17, 15) is 22.2 Å².